The van der Waals surface area contributed by atoms with E-state index in [-0.39, 0.29) is 22.8 Å². The number of rotatable bonds is 9. The number of morpholine rings is 1. The van der Waals surface area contributed by atoms with Crippen LogP contribution in [0.1, 0.15) is 30.5 Å². The van der Waals surface area contributed by atoms with Crippen molar-refractivity contribution in [3.63, 3.8) is 0 Å². The highest BCUT2D eigenvalue weighted by Crippen LogP contribution is 2.42. The zero-order valence-electron chi connectivity index (χ0n) is 20.6. The highest BCUT2D eigenvalue weighted by atomic mass is 16.5. The molecule has 0 aromatic heterocycles. The molecular formula is C27H32N2O7. The number of phenolic OH excluding ortho intramolecular Hbond substituents is 1. The quantitative estimate of drug-likeness (QED) is 0.310. The van der Waals surface area contributed by atoms with E-state index in [4.69, 9.17) is 14.2 Å². The fraction of sp³-hybridized carbons (Fsp3) is 0.407. The van der Waals surface area contributed by atoms with E-state index in [1.165, 1.54) is 18.1 Å². The molecule has 0 spiro atoms. The van der Waals surface area contributed by atoms with E-state index in [1.54, 1.807) is 36.4 Å². The first-order chi connectivity index (χ1) is 17.4. The van der Waals surface area contributed by atoms with Crippen molar-refractivity contribution in [3.05, 3.63) is 59.2 Å². The molecule has 36 heavy (non-hydrogen) atoms. The Hall–Kier alpha value is -3.56. The molecule has 0 saturated carbocycles. The van der Waals surface area contributed by atoms with Crippen molar-refractivity contribution in [2.45, 2.75) is 19.4 Å². The lowest BCUT2D eigenvalue weighted by Crippen LogP contribution is -2.38. The number of Topliss-reactive ketones (excluding diaryl/α,β-unsaturated/α-hetero) is 1. The zero-order chi connectivity index (χ0) is 25.7. The molecule has 2 fully saturated rings. The molecule has 2 aromatic rings. The second-order valence-corrected chi connectivity index (χ2v) is 8.69. The molecule has 1 amide bonds. The van der Waals surface area contributed by atoms with Crippen molar-refractivity contribution in [3.8, 4) is 17.2 Å². The fourth-order valence-corrected chi connectivity index (χ4v) is 4.67. The summed E-state index contributed by atoms with van der Waals surface area (Å²) in [6.07, 6.45) is 0.651. The Bertz CT molecular complexity index is 1140. The Labute approximate surface area is 210 Å². The Morgan fingerprint density at radius 2 is 1.89 bits per heavy atom. The van der Waals surface area contributed by atoms with Crippen LogP contribution >= 0.6 is 0 Å². The highest BCUT2D eigenvalue weighted by molar-refractivity contribution is 6.46. The summed E-state index contributed by atoms with van der Waals surface area (Å²) in [7, 11) is 1.43. The number of hydrogen-bond donors (Lipinski definition) is 2. The van der Waals surface area contributed by atoms with Crippen molar-refractivity contribution < 1.29 is 34.0 Å². The second kappa shape index (κ2) is 11.5. The number of hydrogen-bond acceptors (Lipinski definition) is 8. The van der Waals surface area contributed by atoms with Crippen LogP contribution in [0.5, 0.6) is 17.2 Å². The smallest absolute Gasteiger partial charge is 0.295 e. The minimum atomic E-state index is -0.833. The SMILES string of the molecule is CCOc1cccc(/C(O)=C2\C(=O)C(=O)N(CCCN3CCOCC3)C2c2ccc(O)c(OC)c2)c1. The molecule has 4 rings (SSSR count). The number of likely N-dealkylation sites (tertiary alicyclic amines) is 1. The van der Waals surface area contributed by atoms with E-state index in [1.807, 2.05) is 6.92 Å². The number of carbonyl (C=O) groups excluding carboxylic acids is 2. The van der Waals surface area contributed by atoms with Gasteiger partial charge < -0.3 is 29.3 Å². The van der Waals surface area contributed by atoms with Crippen molar-refractivity contribution in [1.82, 2.24) is 9.80 Å². The highest BCUT2D eigenvalue weighted by Gasteiger charge is 2.46. The minimum absolute atomic E-state index is 0.00670. The molecule has 9 heteroatoms. The maximum atomic E-state index is 13.3. The summed E-state index contributed by atoms with van der Waals surface area (Å²) in [6.45, 7) is 6.40. The molecule has 2 aliphatic heterocycles. The molecule has 0 radical (unpaired) electrons. The first kappa shape index (κ1) is 25.5. The number of benzene rings is 2. The van der Waals surface area contributed by atoms with Gasteiger partial charge in [0.05, 0.1) is 38.5 Å². The van der Waals surface area contributed by atoms with Gasteiger partial charge in [-0.05, 0) is 43.2 Å². The lowest BCUT2D eigenvalue weighted by molar-refractivity contribution is -0.140. The monoisotopic (exact) mass is 496 g/mol. The molecule has 2 aliphatic rings. The van der Waals surface area contributed by atoms with Gasteiger partial charge in [0.25, 0.3) is 11.7 Å². The van der Waals surface area contributed by atoms with E-state index in [2.05, 4.69) is 4.90 Å². The second-order valence-electron chi connectivity index (χ2n) is 8.69. The third-order valence-electron chi connectivity index (χ3n) is 6.46. The molecule has 2 aromatic carbocycles. The number of methoxy groups -OCH3 is 1. The molecule has 2 N–H and O–H groups in total. The Morgan fingerprint density at radius 1 is 1.11 bits per heavy atom. The third-order valence-corrected chi connectivity index (χ3v) is 6.46. The number of aliphatic hydroxyl groups excluding tert-OH is 1. The van der Waals surface area contributed by atoms with E-state index in [9.17, 15) is 19.8 Å². The van der Waals surface area contributed by atoms with Crippen LogP contribution < -0.4 is 9.47 Å². The van der Waals surface area contributed by atoms with E-state index < -0.39 is 17.7 Å². The van der Waals surface area contributed by atoms with Gasteiger partial charge in [0.15, 0.2) is 11.5 Å². The van der Waals surface area contributed by atoms with Gasteiger partial charge in [-0.2, -0.15) is 0 Å². The van der Waals surface area contributed by atoms with Crippen LogP contribution in [0.4, 0.5) is 0 Å². The van der Waals surface area contributed by atoms with Crippen LogP contribution in [0, 0.1) is 0 Å². The van der Waals surface area contributed by atoms with Crippen molar-refractivity contribution in [1.29, 1.82) is 0 Å². The maximum Gasteiger partial charge on any atom is 0.295 e. The number of aromatic hydroxyl groups is 1. The number of nitrogens with zero attached hydrogens (tertiary/aromatic N) is 2. The van der Waals surface area contributed by atoms with Gasteiger partial charge in [0.1, 0.15) is 11.5 Å². The van der Waals surface area contributed by atoms with E-state index in [0.717, 1.165) is 19.6 Å². The summed E-state index contributed by atoms with van der Waals surface area (Å²) in [5, 5.41) is 21.4. The topological polar surface area (TPSA) is 109 Å². The summed E-state index contributed by atoms with van der Waals surface area (Å²) in [4.78, 5) is 30.2. The average Bonchev–Trinajstić information content (AvgIpc) is 3.14. The Kier molecular flexibility index (Phi) is 8.12. The first-order valence-electron chi connectivity index (χ1n) is 12.1. The van der Waals surface area contributed by atoms with Gasteiger partial charge in [0.2, 0.25) is 0 Å². The first-order valence-corrected chi connectivity index (χ1v) is 12.1. The molecule has 1 atom stereocenters. The van der Waals surface area contributed by atoms with Gasteiger partial charge >= 0.3 is 0 Å². The van der Waals surface area contributed by atoms with Crippen molar-refractivity contribution in [2.75, 3.05) is 53.1 Å². The molecule has 0 bridgehead atoms. The van der Waals surface area contributed by atoms with Gasteiger partial charge in [-0.3, -0.25) is 14.5 Å². The number of carbonyl (C=O) groups is 2. The molecule has 0 aliphatic carbocycles. The predicted octanol–water partition coefficient (Wildman–Crippen LogP) is 2.94. The normalized spacial score (nSPS) is 20.1. The van der Waals surface area contributed by atoms with Crippen LogP contribution in [-0.4, -0.2) is 84.8 Å². The molecule has 1 unspecified atom stereocenters. The maximum absolute atomic E-state index is 13.3. The van der Waals surface area contributed by atoms with Gasteiger partial charge in [-0.15, -0.1) is 0 Å². The zero-order valence-corrected chi connectivity index (χ0v) is 20.6. The number of phenols is 1. The molecular weight excluding hydrogens is 464 g/mol. The van der Waals surface area contributed by atoms with Crippen LogP contribution in [0.2, 0.25) is 0 Å². The summed E-state index contributed by atoms with van der Waals surface area (Å²) < 4.78 is 16.2. The number of ether oxygens (including phenoxy) is 3. The van der Waals surface area contributed by atoms with Crippen LogP contribution in [-0.2, 0) is 14.3 Å². The molecule has 2 saturated heterocycles. The lowest BCUT2D eigenvalue weighted by Gasteiger charge is -2.29. The van der Waals surface area contributed by atoms with Gasteiger partial charge in [-0.1, -0.05) is 18.2 Å². The molecule has 9 nitrogen and oxygen atoms in total. The molecule has 192 valence electrons. The van der Waals surface area contributed by atoms with E-state index in [0.29, 0.717) is 49.7 Å². The summed E-state index contributed by atoms with van der Waals surface area (Å²) in [6, 6.07) is 10.6. The fourth-order valence-electron chi connectivity index (χ4n) is 4.67. The third kappa shape index (κ3) is 5.32. The summed E-state index contributed by atoms with van der Waals surface area (Å²) in [5.41, 5.74) is 0.925. The van der Waals surface area contributed by atoms with E-state index >= 15 is 0 Å². The Morgan fingerprint density at radius 3 is 2.61 bits per heavy atom. The van der Waals surface area contributed by atoms with Gasteiger partial charge in [0, 0.05) is 31.7 Å². The van der Waals surface area contributed by atoms with Crippen LogP contribution in [0.15, 0.2) is 48.0 Å². The van der Waals surface area contributed by atoms with Crippen molar-refractivity contribution >= 4 is 17.4 Å². The standard InChI is InChI=1S/C27H32N2O7/c1-3-36-20-7-4-6-19(16-20)25(31)23-24(18-8-9-21(30)22(17-18)34-2)29(27(33)26(23)32)11-5-10-28-12-14-35-15-13-28/h4,6-9,16-17,24,30-31H,3,5,10-15H2,1-2H3/b25-23+. The predicted molar refractivity (Wildman–Crippen MR) is 133 cm³/mol. The largest absolute Gasteiger partial charge is 0.507 e. The van der Waals surface area contributed by atoms with Crippen molar-refractivity contribution in [2.24, 2.45) is 0 Å². The van der Waals surface area contributed by atoms with Crippen LogP contribution in [0.25, 0.3) is 5.76 Å². The summed E-state index contributed by atoms with van der Waals surface area (Å²) >= 11 is 0. The number of aliphatic hydroxyl groups is 1. The lowest BCUT2D eigenvalue weighted by atomic mass is 9.95. The minimum Gasteiger partial charge on any atom is -0.507 e. The Balaban J connectivity index is 1.72. The molecule has 2 heterocycles. The summed E-state index contributed by atoms with van der Waals surface area (Å²) in [5.74, 6) is -0.999. The van der Waals surface area contributed by atoms with Crippen LogP contribution in [0.3, 0.4) is 0 Å². The number of ketones is 1. The number of amides is 1. The average molecular weight is 497 g/mol. The van der Waals surface area contributed by atoms with Gasteiger partial charge in [-0.25, -0.2) is 0 Å².